The highest BCUT2D eigenvalue weighted by atomic mass is 16.7. The number of benzene rings is 2. The minimum absolute atomic E-state index is 0.0419. The Kier molecular flexibility index (Phi) is 5.01. The Morgan fingerprint density at radius 1 is 1.17 bits per heavy atom. The Balaban J connectivity index is 1.53. The highest BCUT2D eigenvalue weighted by molar-refractivity contribution is 5.93. The lowest BCUT2D eigenvalue weighted by atomic mass is 10.1. The fourth-order valence-corrected chi connectivity index (χ4v) is 2.76. The largest absolute Gasteiger partial charge is 0.454 e. The SMILES string of the molecule is CCc1cccc(C)c1NC(=O)CNCc1ccc2c(c1)OCO2. The number of ether oxygens (including phenoxy) is 2. The van der Waals surface area contributed by atoms with Crippen LogP contribution in [-0.4, -0.2) is 19.2 Å². The summed E-state index contributed by atoms with van der Waals surface area (Å²) in [6, 6.07) is 11.9. The van der Waals surface area contributed by atoms with Crippen molar-refractivity contribution in [2.75, 3.05) is 18.7 Å². The zero-order chi connectivity index (χ0) is 16.9. The quantitative estimate of drug-likeness (QED) is 0.857. The summed E-state index contributed by atoms with van der Waals surface area (Å²) in [5.74, 6) is 1.48. The Labute approximate surface area is 142 Å². The fraction of sp³-hybridized carbons (Fsp3) is 0.316. The predicted octanol–water partition coefficient (Wildman–Crippen LogP) is 3.01. The van der Waals surface area contributed by atoms with Crippen molar-refractivity contribution in [2.45, 2.75) is 26.8 Å². The lowest BCUT2D eigenvalue weighted by Gasteiger charge is -2.13. The van der Waals surface area contributed by atoms with E-state index in [-0.39, 0.29) is 19.2 Å². The number of hydrogen-bond acceptors (Lipinski definition) is 4. The predicted molar refractivity (Wildman–Crippen MR) is 93.5 cm³/mol. The lowest BCUT2D eigenvalue weighted by molar-refractivity contribution is -0.115. The summed E-state index contributed by atoms with van der Waals surface area (Å²) in [7, 11) is 0. The number of hydrogen-bond donors (Lipinski definition) is 2. The van der Waals surface area contributed by atoms with Crippen LogP contribution in [-0.2, 0) is 17.8 Å². The van der Waals surface area contributed by atoms with Crippen molar-refractivity contribution in [1.29, 1.82) is 0 Å². The molecule has 1 amide bonds. The average molecular weight is 326 g/mol. The van der Waals surface area contributed by atoms with Crippen LogP contribution in [0.4, 0.5) is 5.69 Å². The molecule has 2 N–H and O–H groups in total. The van der Waals surface area contributed by atoms with Gasteiger partial charge in [0.1, 0.15) is 0 Å². The van der Waals surface area contributed by atoms with E-state index in [4.69, 9.17) is 9.47 Å². The number of carbonyl (C=O) groups excluding carboxylic acids is 1. The molecule has 0 spiro atoms. The maximum absolute atomic E-state index is 12.2. The summed E-state index contributed by atoms with van der Waals surface area (Å²) in [5, 5.41) is 6.17. The van der Waals surface area contributed by atoms with Crippen molar-refractivity contribution >= 4 is 11.6 Å². The van der Waals surface area contributed by atoms with Crippen LogP contribution in [0, 0.1) is 6.92 Å². The van der Waals surface area contributed by atoms with Gasteiger partial charge in [0.2, 0.25) is 12.7 Å². The molecule has 3 rings (SSSR count). The number of fused-ring (bicyclic) bond motifs is 1. The minimum Gasteiger partial charge on any atom is -0.454 e. The van der Waals surface area contributed by atoms with E-state index in [1.54, 1.807) is 0 Å². The van der Waals surface area contributed by atoms with Crippen LogP contribution in [0.1, 0.15) is 23.6 Å². The van der Waals surface area contributed by atoms with Gasteiger partial charge in [-0.3, -0.25) is 4.79 Å². The summed E-state index contributed by atoms with van der Waals surface area (Å²) in [5.41, 5.74) is 4.21. The molecule has 0 saturated heterocycles. The van der Waals surface area contributed by atoms with Crippen molar-refractivity contribution in [1.82, 2.24) is 5.32 Å². The lowest BCUT2D eigenvalue weighted by Crippen LogP contribution is -2.28. The molecule has 2 aromatic carbocycles. The molecule has 1 heterocycles. The molecule has 0 bridgehead atoms. The van der Waals surface area contributed by atoms with Crippen molar-refractivity contribution in [2.24, 2.45) is 0 Å². The first-order chi connectivity index (χ1) is 11.7. The van der Waals surface area contributed by atoms with E-state index < -0.39 is 0 Å². The maximum atomic E-state index is 12.2. The number of nitrogens with one attached hydrogen (secondary N) is 2. The Bertz CT molecular complexity index is 743. The maximum Gasteiger partial charge on any atom is 0.238 e. The van der Waals surface area contributed by atoms with E-state index in [2.05, 4.69) is 17.6 Å². The molecule has 0 fully saturated rings. The standard InChI is InChI=1S/C19H22N2O3/c1-3-15-6-4-5-13(2)19(15)21-18(22)11-20-10-14-7-8-16-17(9-14)24-12-23-16/h4-9,20H,3,10-12H2,1-2H3,(H,21,22). The molecular weight excluding hydrogens is 304 g/mol. The number of para-hydroxylation sites is 1. The van der Waals surface area contributed by atoms with Gasteiger partial charge in [-0.05, 0) is 42.2 Å². The van der Waals surface area contributed by atoms with Gasteiger partial charge in [-0.25, -0.2) is 0 Å². The molecule has 126 valence electrons. The fourth-order valence-electron chi connectivity index (χ4n) is 2.76. The van der Waals surface area contributed by atoms with Crippen LogP contribution in [0.25, 0.3) is 0 Å². The van der Waals surface area contributed by atoms with E-state index >= 15 is 0 Å². The third-order valence-electron chi connectivity index (χ3n) is 4.06. The van der Waals surface area contributed by atoms with Gasteiger partial charge in [-0.15, -0.1) is 0 Å². The van der Waals surface area contributed by atoms with E-state index in [9.17, 15) is 4.79 Å². The Morgan fingerprint density at radius 2 is 2.00 bits per heavy atom. The molecule has 0 unspecified atom stereocenters. The average Bonchev–Trinajstić information content (AvgIpc) is 3.04. The van der Waals surface area contributed by atoms with E-state index in [0.717, 1.165) is 40.3 Å². The van der Waals surface area contributed by atoms with Crippen LogP contribution < -0.4 is 20.1 Å². The molecule has 0 saturated carbocycles. The van der Waals surface area contributed by atoms with Gasteiger partial charge in [0.25, 0.3) is 0 Å². The van der Waals surface area contributed by atoms with E-state index in [1.165, 1.54) is 0 Å². The molecule has 24 heavy (non-hydrogen) atoms. The van der Waals surface area contributed by atoms with Crippen LogP contribution in [0.3, 0.4) is 0 Å². The smallest absolute Gasteiger partial charge is 0.238 e. The van der Waals surface area contributed by atoms with Crippen molar-refractivity contribution in [3.8, 4) is 11.5 Å². The molecule has 0 aromatic heterocycles. The first kappa shape index (κ1) is 16.3. The van der Waals surface area contributed by atoms with E-state index in [0.29, 0.717) is 6.54 Å². The third kappa shape index (κ3) is 3.68. The second-order valence-electron chi connectivity index (χ2n) is 5.80. The third-order valence-corrected chi connectivity index (χ3v) is 4.06. The second-order valence-corrected chi connectivity index (χ2v) is 5.80. The van der Waals surface area contributed by atoms with Crippen LogP contribution >= 0.6 is 0 Å². The van der Waals surface area contributed by atoms with Crippen molar-refractivity contribution in [3.05, 3.63) is 53.1 Å². The molecule has 5 nitrogen and oxygen atoms in total. The molecular formula is C19H22N2O3. The molecule has 0 atom stereocenters. The number of amides is 1. The van der Waals surface area contributed by atoms with Crippen molar-refractivity contribution in [3.63, 3.8) is 0 Å². The second kappa shape index (κ2) is 7.36. The van der Waals surface area contributed by atoms with Gasteiger partial charge < -0.3 is 20.1 Å². The summed E-state index contributed by atoms with van der Waals surface area (Å²) < 4.78 is 10.6. The normalized spacial score (nSPS) is 12.2. The molecule has 2 aromatic rings. The summed E-state index contributed by atoms with van der Waals surface area (Å²) in [6.45, 7) is 5.21. The molecule has 0 aliphatic carbocycles. The topological polar surface area (TPSA) is 59.6 Å². The van der Waals surface area contributed by atoms with Gasteiger partial charge in [-0.2, -0.15) is 0 Å². The van der Waals surface area contributed by atoms with Crippen LogP contribution in [0.2, 0.25) is 0 Å². The molecule has 1 aliphatic rings. The summed E-state index contributed by atoms with van der Waals surface area (Å²) in [6.07, 6.45) is 0.891. The Morgan fingerprint density at radius 3 is 2.83 bits per heavy atom. The molecule has 5 heteroatoms. The minimum atomic E-state index is -0.0419. The van der Waals surface area contributed by atoms with Gasteiger partial charge in [0, 0.05) is 12.2 Å². The summed E-state index contributed by atoms with van der Waals surface area (Å²) in [4.78, 5) is 12.2. The number of aryl methyl sites for hydroxylation is 2. The number of anilines is 1. The van der Waals surface area contributed by atoms with Gasteiger partial charge in [0.15, 0.2) is 11.5 Å². The van der Waals surface area contributed by atoms with Gasteiger partial charge in [-0.1, -0.05) is 31.2 Å². The van der Waals surface area contributed by atoms with Gasteiger partial charge >= 0.3 is 0 Å². The van der Waals surface area contributed by atoms with Crippen molar-refractivity contribution < 1.29 is 14.3 Å². The summed E-state index contributed by atoms with van der Waals surface area (Å²) >= 11 is 0. The van der Waals surface area contributed by atoms with Crippen LogP contribution in [0.5, 0.6) is 11.5 Å². The molecule has 0 radical (unpaired) electrons. The highest BCUT2D eigenvalue weighted by Gasteiger charge is 2.13. The van der Waals surface area contributed by atoms with Crippen LogP contribution in [0.15, 0.2) is 36.4 Å². The number of carbonyl (C=O) groups is 1. The highest BCUT2D eigenvalue weighted by Crippen LogP contribution is 2.32. The monoisotopic (exact) mass is 326 g/mol. The van der Waals surface area contributed by atoms with Gasteiger partial charge in [0.05, 0.1) is 6.54 Å². The Hall–Kier alpha value is -2.53. The van der Waals surface area contributed by atoms with E-state index in [1.807, 2.05) is 43.3 Å². The first-order valence-electron chi connectivity index (χ1n) is 8.15. The zero-order valence-electron chi connectivity index (χ0n) is 14.0. The first-order valence-corrected chi connectivity index (χ1v) is 8.15. The number of rotatable bonds is 6. The zero-order valence-corrected chi connectivity index (χ0v) is 14.0. The molecule has 1 aliphatic heterocycles.